The van der Waals surface area contributed by atoms with Gasteiger partial charge in [-0.25, -0.2) is 18.5 Å². The molecule has 0 saturated carbocycles. The molecule has 5 N–H and O–H groups in total. The zero-order valence-electron chi connectivity index (χ0n) is 16.9. The lowest BCUT2D eigenvalue weighted by atomic mass is 10.2. The summed E-state index contributed by atoms with van der Waals surface area (Å²) in [5.74, 6) is -0.670. The average Bonchev–Trinajstić information content (AvgIpc) is 3.07. The van der Waals surface area contributed by atoms with E-state index in [0.29, 0.717) is 28.5 Å². The number of imidazole rings is 1. The first-order valence-corrected chi connectivity index (χ1v) is 12.1. The van der Waals surface area contributed by atoms with Crippen molar-refractivity contribution in [2.24, 2.45) is 10.9 Å². The van der Waals surface area contributed by atoms with Gasteiger partial charge >= 0.3 is 0 Å². The third kappa shape index (κ3) is 5.63. The van der Waals surface area contributed by atoms with Crippen molar-refractivity contribution in [2.75, 3.05) is 11.1 Å². The molecular formula is C20H23N5O4S2. The van der Waals surface area contributed by atoms with E-state index < -0.39 is 15.9 Å². The van der Waals surface area contributed by atoms with Crippen molar-refractivity contribution >= 4 is 50.3 Å². The summed E-state index contributed by atoms with van der Waals surface area (Å²) in [6.07, 6.45) is 1.88. The molecule has 3 aromatic rings. The van der Waals surface area contributed by atoms with Crippen LogP contribution < -0.4 is 16.2 Å². The molecule has 164 valence electrons. The Morgan fingerprint density at radius 2 is 1.87 bits per heavy atom. The molecule has 2 aromatic carbocycles. The summed E-state index contributed by atoms with van der Waals surface area (Å²) in [6, 6.07) is 10.9. The number of benzene rings is 2. The number of anilines is 1. The number of aromatic nitrogens is 2. The number of aryl methyl sites for hydroxylation is 1. The summed E-state index contributed by atoms with van der Waals surface area (Å²) in [6.45, 7) is 2.77. The van der Waals surface area contributed by atoms with Crippen molar-refractivity contribution in [3.05, 3.63) is 48.0 Å². The number of carbonyl (C=O) groups is 2. The Hall–Kier alpha value is -2.89. The summed E-state index contributed by atoms with van der Waals surface area (Å²) >= 11 is 1.26. The minimum absolute atomic E-state index is 0.00570. The first-order chi connectivity index (χ1) is 14.7. The fourth-order valence-corrected chi connectivity index (χ4v) is 4.33. The Balaban J connectivity index is 1.77. The fourth-order valence-electron chi connectivity index (χ4n) is 2.95. The largest absolute Gasteiger partial charge is 0.366 e. The van der Waals surface area contributed by atoms with Crippen LogP contribution in [0.5, 0.6) is 0 Å². The molecule has 0 aliphatic carbocycles. The van der Waals surface area contributed by atoms with Gasteiger partial charge in [-0.3, -0.25) is 9.59 Å². The molecule has 0 radical (unpaired) electrons. The molecule has 31 heavy (non-hydrogen) atoms. The number of sulfonamides is 1. The van der Waals surface area contributed by atoms with Crippen LogP contribution in [0.3, 0.4) is 0 Å². The van der Waals surface area contributed by atoms with Gasteiger partial charge in [0.25, 0.3) is 0 Å². The van der Waals surface area contributed by atoms with Crippen molar-refractivity contribution in [3.8, 4) is 0 Å². The molecule has 0 unspecified atom stereocenters. The number of carbonyl (C=O) groups excluding carboxylic acids is 2. The van der Waals surface area contributed by atoms with Gasteiger partial charge in [-0.05, 0) is 48.9 Å². The third-order valence-corrected chi connectivity index (χ3v) is 6.42. The van der Waals surface area contributed by atoms with Gasteiger partial charge in [-0.1, -0.05) is 25.1 Å². The van der Waals surface area contributed by atoms with Crippen molar-refractivity contribution < 1.29 is 18.0 Å². The standard InChI is InChI=1S/C20H23N5O4S2/c1-2-3-10-25-17-9-8-15(31(22,28)29)11-16(17)24-20(25)30-12-18(26)23-14-6-4-13(5-7-14)19(21)27/h4-9,11H,2-3,10,12H2,1H3,(H2,21,27)(H,23,26)(H2,22,28,29). The number of fused-ring (bicyclic) bond motifs is 1. The number of amides is 2. The van der Waals surface area contributed by atoms with E-state index in [0.717, 1.165) is 18.4 Å². The van der Waals surface area contributed by atoms with E-state index in [-0.39, 0.29) is 16.6 Å². The number of nitrogens with zero attached hydrogens (tertiary/aromatic N) is 2. The van der Waals surface area contributed by atoms with Crippen LogP contribution in [0.15, 0.2) is 52.5 Å². The highest BCUT2D eigenvalue weighted by Gasteiger charge is 2.16. The van der Waals surface area contributed by atoms with Gasteiger partial charge in [-0.15, -0.1) is 0 Å². The second kappa shape index (κ2) is 9.50. The molecule has 1 heterocycles. The SMILES string of the molecule is CCCCn1c(SCC(=O)Nc2ccc(C(N)=O)cc2)nc2cc(S(N)(=O)=O)ccc21. The van der Waals surface area contributed by atoms with E-state index in [2.05, 4.69) is 17.2 Å². The van der Waals surface area contributed by atoms with E-state index >= 15 is 0 Å². The Kier molecular flexibility index (Phi) is 6.98. The monoisotopic (exact) mass is 461 g/mol. The Labute approximate surface area is 184 Å². The normalized spacial score (nSPS) is 11.5. The lowest BCUT2D eigenvalue weighted by Gasteiger charge is -2.09. The smallest absolute Gasteiger partial charge is 0.248 e. The number of hydrogen-bond donors (Lipinski definition) is 3. The number of nitrogens with one attached hydrogen (secondary N) is 1. The first kappa shape index (κ1) is 22.8. The molecule has 0 saturated heterocycles. The maximum atomic E-state index is 12.4. The Morgan fingerprint density at radius 1 is 1.16 bits per heavy atom. The Morgan fingerprint density at radius 3 is 2.48 bits per heavy atom. The minimum Gasteiger partial charge on any atom is -0.366 e. The molecule has 0 aliphatic rings. The molecule has 0 fully saturated rings. The van der Waals surface area contributed by atoms with Crippen LogP contribution in [0.2, 0.25) is 0 Å². The van der Waals surface area contributed by atoms with Crippen LogP contribution in [0, 0.1) is 0 Å². The number of nitrogens with two attached hydrogens (primary N) is 2. The van der Waals surface area contributed by atoms with Gasteiger partial charge in [0, 0.05) is 17.8 Å². The number of hydrogen-bond acceptors (Lipinski definition) is 6. The van der Waals surface area contributed by atoms with Crippen LogP contribution in [0.1, 0.15) is 30.1 Å². The summed E-state index contributed by atoms with van der Waals surface area (Å²) in [7, 11) is -3.83. The predicted octanol–water partition coefficient (Wildman–Crippen LogP) is 2.31. The highest BCUT2D eigenvalue weighted by molar-refractivity contribution is 7.99. The molecule has 0 atom stereocenters. The number of rotatable bonds is 9. The van der Waals surface area contributed by atoms with E-state index in [1.807, 2.05) is 4.57 Å². The van der Waals surface area contributed by atoms with Crippen LogP contribution in [0.4, 0.5) is 5.69 Å². The second-order valence-corrected chi connectivity index (χ2v) is 9.38. The molecule has 2 amide bonds. The summed E-state index contributed by atoms with van der Waals surface area (Å²) in [4.78, 5) is 28.0. The zero-order valence-corrected chi connectivity index (χ0v) is 18.5. The van der Waals surface area contributed by atoms with Crippen molar-refractivity contribution in [3.63, 3.8) is 0 Å². The van der Waals surface area contributed by atoms with Crippen molar-refractivity contribution in [2.45, 2.75) is 36.4 Å². The maximum Gasteiger partial charge on any atom is 0.248 e. The maximum absolute atomic E-state index is 12.4. The van der Waals surface area contributed by atoms with Gasteiger partial charge in [0.15, 0.2) is 5.16 Å². The van der Waals surface area contributed by atoms with Crippen molar-refractivity contribution in [1.82, 2.24) is 9.55 Å². The quantitative estimate of drug-likeness (QED) is 0.416. The van der Waals surface area contributed by atoms with Crippen LogP contribution in [0.25, 0.3) is 11.0 Å². The summed E-state index contributed by atoms with van der Waals surface area (Å²) in [5, 5.41) is 8.60. The molecule has 9 nitrogen and oxygen atoms in total. The van der Waals surface area contributed by atoms with E-state index in [4.69, 9.17) is 10.9 Å². The van der Waals surface area contributed by atoms with E-state index in [9.17, 15) is 18.0 Å². The molecule has 0 bridgehead atoms. The van der Waals surface area contributed by atoms with Gasteiger partial charge in [0.05, 0.1) is 21.7 Å². The van der Waals surface area contributed by atoms with Crippen LogP contribution >= 0.6 is 11.8 Å². The summed E-state index contributed by atoms with van der Waals surface area (Å²) in [5.41, 5.74) is 7.41. The first-order valence-electron chi connectivity index (χ1n) is 9.54. The van der Waals surface area contributed by atoms with E-state index in [1.165, 1.54) is 23.9 Å². The van der Waals surface area contributed by atoms with Gasteiger partial charge in [0.1, 0.15) is 0 Å². The van der Waals surface area contributed by atoms with Crippen LogP contribution in [-0.4, -0.2) is 35.5 Å². The van der Waals surface area contributed by atoms with Gasteiger partial charge in [0.2, 0.25) is 21.8 Å². The molecule has 3 rings (SSSR count). The highest BCUT2D eigenvalue weighted by atomic mass is 32.2. The number of thioether (sulfide) groups is 1. The van der Waals surface area contributed by atoms with E-state index in [1.54, 1.807) is 30.3 Å². The second-order valence-electron chi connectivity index (χ2n) is 6.87. The third-order valence-electron chi connectivity index (χ3n) is 4.53. The fraction of sp³-hybridized carbons (Fsp3) is 0.250. The lowest BCUT2D eigenvalue weighted by Crippen LogP contribution is -2.15. The predicted molar refractivity (Wildman–Crippen MR) is 120 cm³/mol. The van der Waals surface area contributed by atoms with Gasteiger partial charge < -0.3 is 15.6 Å². The number of unbranched alkanes of at least 4 members (excludes halogenated alkanes) is 1. The average molecular weight is 462 g/mol. The minimum atomic E-state index is -3.83. The summed E-state index contributed by atoms with van der Waals surface area (Å²) < 4.78 is 25.3. The zero-order chi connectivity index (χ0) is 22.6. The lowest BCUT2D eigenvalue weighted by molar-refractivity contribution is -0.113. The molecule has 0 spiro atoms. The Bertz CT molecular complexity index is 1220. The highest BCUT2D eigenvalue weighted by Crippen LogP contribution is 2.26. The molecule has 11 heteroatoms. The van der Waals surface area contributed by atoms with Gasteiger partial charge in [-0.2, -0.15) is 0 Å². The van der Waals surface area contributed by atoms with Crippen LogP contribution in [-0.2, 0) is 21.4 Å². The molecule has 1 aromatic heterocycles. The topological polar surface area (TPSA) is 150 Å². The number of primary amides is 1. The number of primary sulfonamides is 1. The molecule has 0 aliphatic heterocycles. The molecular weight excluding hydrogens is 438 g/mol. The van der Waals surface area contributed by atoms with Crippen molar-refractivity contribution in [1.29, 1.82) is 0 Å².